The topological polar surface area (TPSA) is 43.8 Å². The first-order valence-electron chi connectivity index (χ1n) is 6.70. The first-order valence-corrected chi connectivity index (χ1v) is 7.08. The lowest BCUT2D eigenvalue weighted by atomic mass is 10.2. The summed E-state index contributed by atoms with van der Waals surface area (Å²) in [7, 11) is 0. The Labute approximate surface area is 127 Å². The molecule has 2 aromatic carbocycles. The fourth-order valence-corrected chi connectivity index (χ4v) is 2.58. The minimum atomic E-state index is -0.336. The summed E-state index contributed by atoms with van der Waals surface area (Å²) in [4.78, 5) is 4.59. The van der Waals surface area contributed by atoms with Gasteiger partial charge in [0, 0.05) is 16.6 Å². The number of nitrogen functional groups attached to an aromatic ring is 1. The maximum atomic E-state index is 14.3. The zero-order valence-electron chi connectivity index (χ0n) is 11.8. The van der Waals surface area contributed by atoms with Crippen LogP contribution >= 0.6 is 11.6 Å². The Balaban J connectivity index is 2.39. The van der Waals surface area contributed by atoms with Crippen molar-refractivity contribution >= 4 is 28.3 Å². The Morgan fingerprint density at radius 1 is 1.19 bits per heavy atom. The summed E-state index contributed by atoms with van der Waals surface area (Å²) < 4.78 is 16.1. The van der Waals surface area contributed by atoms with Crippen molar-refractivity contribution in [3.63, 3.8) is 0 Å². The lowest BCUT2D eigenvalue weighted by Crippen LogP contribution is -2.05. The van der Waals surface area contributed by atoms with Gasteiger partial charge in [0.2, 0.25) is 0 Å². The van der Waals surface area contributed by atoms with E-state index in [-0.39, 0.29) is 11.7 Å². The average molecular weight is 304 g/mol. The number of benzene rings is 2. The van der Waals surface area contributed by atoms with E-state index in [0.717, 1.165) is 16.9 Å². The quantitative estimate of drug-likeness (QED) is 0.707. The summed E-state index contributed by atoms with van der Waals surface area (Å²) in [5.41, 5.74) is 8.40. The molecule has 2 N–H and O–H groups in total. The molecule has 0 aliphatic rings. The molecule has 1 aromatic heterocycles. The first kappa shape index (κ1) is 13.9. The van der Waals surface area contributed by atoms with Gasteiger partial charge in [0.15, 0.2) is 0 Å². The van der Waals surface area contributed by atoms with Crippen molar-refractivity contribution < 1.29 is 4.39 Å². The van der Waals surface area contributed by atoms with Gasteiger partial charge in [-0.15, -0.1) is 0 Å². The Morgan fingerprint density at radius 2 is 1.95 bits per heavy atom. The summed E-state index contributed by atoms with van der Waals surface area (Å²) in [5.74, 6) is 0.575. The van der Waals surface area contributed by atoms with E-state index in [2.05, 4.69) is 4.98 Å². The SMILES string of the molecule is CC(C)c1nc2cc(N)ccc2n1-c1cc(Cl)ccc1F. The molecule has 1 heterocycles. The fraction of sp³-hybridized carbons (Fsp3) is 0.188. The van der Waals surface area contributed by atoms with E-state index >= 15 is 0 Å². The molecule has 0 radical (unpaired) electrons. The maximum absolute atomic E-state index is 14.3. The van der Waals surface area contributed by atoms with Crippen LogP contribution in [-0.2, 0) is 0 Å². The van der Waals surface area contributed by atoms with E-state index in [1.54, 1.807) is 22.8 Å². The Kier molecular flexibility index (Phi) is 3.33. The van der Waals surface area contributed by atoms with E-state index in [4.69, 9.17) is 17.3 Å². The monoisotopic (exact) mass is 303 g/mol. The fourth-order valence-electron chi connectivity index (χ4n) is 2.41. The molecule has 0 saturated carbocycles. The van der Waals surface area contributed by atoms with Gasteiger partial charge < -0.3 is 5.73 Å². The molecule has 0 amide bonds. The third-order valence-corrected chi connectivity index (χ3v) is 3.61. The lowest BCUT2D eigenvalue weighted by molar-refractivity contribution is 0.613. The highest BCUT2D eigenvalue weighted by molar-refractivity contribution is 6.30. The molecule has 0 unspecified atom stereocenters. The Bertz CT molecular complexity index is 824. The highest BCUT2D eigenvalue weighted by Gasteiger charge is 2.18. The molecule has 3 rings (SSSR count). The molecular weight excluding hydrogens is 289 g/mol. The molecule has 5 heteroatoms. The molecule has 0 atom stereocenters. The van der Waals surface area contributed by atoms with Crippen molar-refractivity contribution in [3.8, 4) is 5.69 Å². The molecule has 0 fully saturated rings. The third kappa shape index (κ3) is 2.36. The second-order valence-corrected chi connectivity index (χ2v) is 5.74. The predicted molar refractivity (Wildman–Crippen MR) is 84.5 cm³/mol. The van der Waals surface area contributed by atoms with Gasteiger partial charge in [-0.2, -0.15) is 0 Å². The van der Waals surface area contributed by atoms with Crippen LogP contribution in [0.4, 0.5) is 10.1 Å². The van der Waals surface area contributed by atoms with Crippen molar-refractivity contribution in [1.29, 1.82) is 0 Å². The van der Waals surface area contributed by atoms with Crippen molar-refractivity contribution in [2.24, 2.45) is 0 Å². The number of nitrogens with zero attached hydrogens (tertiary/aromatic N) is 2. The van der Waals surface area contributed by atoms with Crippen molar-refractivity contribution in [1.82, 2.24) is 9.55 Å². The number of hydrogen-bond donors (Lipinski definition) is 1. The van der Waals surface area contributed by atoms with Gasteiger partial charge in [0.1, 0.15) is 11.6 Å². The van der Waals surface area contributed by atoms with Gasteiger partial charge in [-0.3, -0.25) is 4.57 Å². The number of hydrogen-bond acceptors (Lipinski definition) is 2. The summed E-state index contributed by atoms with van der Waals surface area (Å²) in [6.45, 7) is 4.03. The number of rotatable bonds is 2. The van der Waals surface area contributed by atoms with Crippen molar-refractivity contribution in [3.05, 3.63) is 53.1 Å². The molecule has 0 aliphatic carbocycles. The van der Waals surface area contributed by atoms with Crippen LogP contribution < -0.4 is 5.73 Å². The summed E-state index contributed by atoms with van der Waals surface area (Å²) in [6, 6.07) is 9.94. The lowest BCUT2D eigenvalue weighted by Gasteiger charge is -2.12. The minimum absolute atomic E-state index is 0.136. The Hall–Kier alpha value is -2.07. The van der Waals surface area contributed by atoms with Gasteiger partial charge in [-0.1, -0.05) is 25.4 Å². The molecule has 108 valence electrons. The van der Waals surface area contributed by atoms with Gasteiger partial charge >= 0.3 is 0 Å². The largest absolute Gasteiger partial charge is 0.399 e. The first-order chi connectivity index (χ1) is 9.97. The van der Waals surface area contributed by atoms with Gasteiger partial charge in [-0.05, 0) is 36.4 Å². The molecular formula is C16H15ClFN3. The molecule has 0 spiro atoms. The number of nitrogens with two attached hydrogens (primary N) is 1. The standard InChI is InChI=1S/C16H15ClFN3/c1-9(2)16-20-13-8-11(19)4-6-14(13)21(16)15-7-10(17)3-5-12(15)18/h3-9H,19H2,1-2H3. The smallest absolute Gasteiger partial charge is 0.147 e. The highest BCUT2D eigenvalue weighted by atomic mass is 35.5. The summed E-state index contributed by atoms with van der Waals surface area (Å²) in [5, 5.41) is 0.485. The van der Waals surface area contributed by atoms with Crippen LogP contribution in [0.2, 0.25) is 5.02 Å². The van der Waals surface area contributed by atoms with Crippen LogP contribution in [0, 0.1) is 5.82 Å². The zero-order valence-corrected chi connectivity index (χ0v) is 12.5. The van der Waals surface area contributed by atoms with Crippen molar-refractivity contribution in [2.45, 2.75) is 19.8 Å². The second kappa shape index (κ2) is 5.04. The van der Waals surface area contributed by atoms with E-state index in [1.165, 1.54) is 12.1 Å². The normalized spacial score (nSPS) is 11.5. The van der Waals surface area contributed by atoms with Gasteiger partial charge in [0.25, 0.3) is 0 Å². The molecule has 0 aliphatic heterocycles. The van der Waals surface area contributed by atoms with Crippen LogP contribution in [0.5, 0.6) is 0 Å². The molecule has 0 saturated heterocycles. The second-order valence-electron chi connectivity index (χ2n) is 5.30. The molecule has 3 aromatic rings. The number of aromatic nitrogens is 2. The molecule has 0 bridgehead atoms. The Morgan fingerprint density at radius 3 is 2.67 bits per heavy atom. The number of imidazole rings is 1. The number of halogens is 2. The molecule has 3 nitrogen and oxygen atoms in total. The van der Waals surface area contributed by atoms with Crippen LogP contribution in [-0.4, -0.2) is 9.55 Å². The zero-order chi connectivity index (χ0) is 15.1. The van der Waals surface area contributed by atoms with Crippen LogP contribution in [0.3, 0.4) is 0 Å². The van der Waals surface area contributed by atoms with Crippen LogP contribution in [0.25, 0.3) is 16.7 Å². The summed E-state index contributed by atoms with van der Waals surface area (Å²) >= 11 is 6.02. The van der Waals surface area contributed by atoms with Crippen LogP contribution in [0.1, 0.15) is 25.6 Å². The van der Waals surface area contributed by atoms with Gasteiger partial charge in [0.05, 0.1) is 16.7 Å². The summed E-state index contributed by atoms with van der Waals surface area (Å²) in [6.07, 6.45) is 0. The van der Waals surface area contributed by atoms with Gasteiger partial charge in [-0.25, -0.2) is 9.37 Å². The van der Waals surface area contributed by atoms with Crippen molar-refractivity contribution in [2.75, 3.05) is 5.73 Å². The van der Waals surface area contributed by atoms with E-state index in [1.807, 2.05) is 19.9 Å². The third-order valence-electron chi connectivity index (χ3n) is 3.37. The predicted octanol–water partition coefficient (Wildman–Crippen LogP) is 4.52. The number of anilines is 1. The van der Waals surface area contributed by atoms with E-state index in [0.29, 0.717) is 16.4 Å². The average Bonchev–Trinajstić information content (AvgIpc) is 2.80. The number of fused-ring (bicyclic) bond motifs is 1. The maximum Gasteiger partial charge on any atom is 0.147 e. The highest BCUT2D eigenvalue weighted by Crippen LogP contribution is 2.29. The van der Waals surface area contributed by atoms with E-state index in [9.17, 15) is 4.39 Å². The molecule has 21 heavy (non-hydrogen) atoms. The minimum Gasteiger partial charge on any atom is -0.399 e. The van der Waals surface area contributed by atoms with E-state index < -0.39 is 0 Å². The van der Waals surface area contributed by atoms with Crippen LogP contribution in [0.15, 0.2) is 36.4 Å².